The number of hydrogen-bond donors (Lipinski definition) is 1. The van der Waals surface area contributed by atoms with Crippen molar-refractivity contribution in [2.75, 3.05) is 0 Å². The van der Waals surface area contributed by atoms with Crippen LogP contribution in [0.4, 0.5) is 4.79 Å². The van der Waals surface area contributed by atoms with Crippen LogP contribution < -0.4 is 4.72 Å². The number of hydrogen-bond acceptors (Lipinski definition) is 6. The van der Waals surface area contributed by atoms with Crippen molar-refractivity contribution in [1.29, 1.82) is 0 Å². The molecule has 2 aromatic rings. The molecule has 2 rings (SSSR count). The highest BCUT2D eigenvalue weighted by Gasteiger charge is 2.26. The summed E-state index contributed by atoms with van der Waals surface area (Å²) in [4.78, 5) is 12.7. The van der Waals surface area contributed by atoms with Crippen LogP contribution in [0.1, 0.15) is 10.7 Å². The molecule has 7 nitrogen and oxygen atoms in total. The molecule has 0 aliphatic rings. The lowest BCUT2D eigenvalue weighted by molar-refractivity contribution is 0.244. The monoisotopic (exact) mass is 410 g/mol. The van der Waals surface area contributed by atoms with Crippen molar-refractivity contribution in [1.82, 2.24) is 19.1 Å². The molecule has 0 spiro atoms. The van der Waals surface area contributed by atoms with Crippen molar-refractivity contribution in [3.8, 4) is 0 Å². The summed E-state index contributed by atoms with van der Waals surface area (Å²) in [5.41, 5.74) is 0. The first-order valence-electron chi connectivity index (χ1n) is 5.58. The summed E-state index contributed by atoms with van der Waals surface area (Å²) in [5, 5.41) is 5.55. The Morgan fingerprint density at radius 3 is 2.52 bits per heavy atom. The Labute approximate surface area is 138 Å². The quantitative estimate of drug-likeness (QED) is 0.767. The van der Waals surface area contributed by atoms with Crippen LogP contribution in [0.3, 0.4) is 0 Å². The molecule has 0 aromatic carbocycles. The Bertz CT molecular complexity index is 858. The minimum Gasteiger partial charge on any atom is -0.307 e. The number of rotatable bonds is 2. The lowest BCUT2D eigenvalue weighted by atomic mass is 10.5. The van der Waals surface area contributed by atoms with Crippen LogP contribution in [0, 0.1) is 18.6 Å². The fourth-order valence-corrected chi connectivity index (χ4v) is 5.49. The average molecular weight is 411 g/mol. The van der Waals surface area contributed by atoms with E-state index < -0.39 is 16.1 Å². The van der Waals surface area contributed by atoms with Gasteiger partial charge in [0.05, 0.1) is 0 Å². The van der Waals surface area contributed by atoms with E-state index in [0.717, 1.165) is 4.68 Å². The van der Waals surface area contributed by atoms with E-state index in [1.807, 2.05) is 4.72 Å². The van der Waals surface area contributed by atoms with Gasteiger partial charge in [-0.05, 0) is 42.0 Å². The molecule has 2 heterocycles. The van der Waals surface area contributed by atoms with Crippen LogP contribution in [0.5, 0.6) is 0 Å². The van der Waals surface area contributed by atoms with E-state index in [0.29, 0.717) is 15.2 Å². The maximum atomic E-state index is 12.3. The van der Waals surface area contributed by atoms with E-state index in [-0.39, 0.29) is 9.67 Å². The van der Waals surface area contributed by atoms with E-state index in [1.54, 1.807) is 26.3 Å². The predicted molar refractivity (Wildman–Crippen MR) is 84.6 cm³/mol. The number of sulfonamides is 1. The molecule has 0 saturated carbocycles. The predicted octanol–water partition coefficient (Wildman–Crippen LogP) is 2.34. The number of aromatic nitrogens is 3. The third kappa shape index (κ3) is 2.96. The Hall–Kier alpha value is -1.04. The molecule has 1 N–H and O–H groups in total. The average Bonchev–Trinajstić information content (AvgIpc) is 2.84. The lowest BCUT2D eigenvalue weighted by Gasteiger charge is -2.06. The molecular formula is C10H11BrN4O3S3. The van der Waals surface area contributed by atoms with Gasteiger partial charge in [0.15, 0.2) is 0 Å². The molecule has 11 heteroatoms. The Kier molecular flexibility index (Phi) is 4.38. The van der Waals surface area contributed by atoms with Gasteiger partial charge >= 0.3 is 6.03 Å². The zero-order valence-corrected chi connectivity index (χ0v) is 15.3. The summed E-state index contributed by atoms with van der Waals surface area (Å²) in [5.74, 6) is 0.500. The zero-order valence-electron chi connectivity index (χ0n) is 11.2. The standard InChI is InChI=1S/C10H11BrN4O3S3/c1-5-8(7(11)4-20-5)21(17,18)13-9(16)15-10(19)14(3)6(2)12-15/h4H,1-3H3,(H,13,16). The Morgan fingerprint density at radius 2 is 2.10 bits per heavy atom. The van der Waals surface area contributed by atoms with Gasteiger partial charge in [0.25, 0.3) is 10.0 Å². The summed E-state index contributed by atoms with van der Waals surface area (Å²) in [6, 6.07) is -0.916. The topological polar surface area (TPSA) is 86.0 Å². The first-order chi connectivity index (χ1) is 9.65. The first-order valence-corrected chi connectivity index (χ1v) is 9.15. The maximum Gasteiger partial charge on any atom is 0.358 e. The van der Waals surface area contributed by atoms with Gasteiger partial charge in [-0.3, -0.25) is 0 Å². The van der Waals surface area contributed by atoms with Crippen LogP contribution >= 0.6 is 39.5 Å². The molecular weight excluding hydrogens is 400 g/mol. The smallest absolute Gasteiger partial charge is 0.307 e. The third-order valence-corrected chi connectivity index (χ3v) is 6.94. The van der Waals surface area contributed by atoms with Gasteiger partial charge in [-0.25, -0.2) is 17.9 Å². The van der Waals surface area contributed by atoms with Crippen molar-refractivity contribution in [3.63, 3.8) is 0 Å². The minimum absolute atomic E-state index is 0.0417. The molecule has 0 fully saturated rings. The fraction of sp³-hybridized carbons (Fsp3) is 0.300. The zero-order chi connectivity index (χ0) is 15.9. The molecule has 1 amide bonds. The Balaban J connectivity index is 2.40. The minimum atomic E-state index is -4.00. The van der Waals surface area contributed by atoms with Crippen LogP contribution in [-0.4, -0.2) is 28.8 Å². The fourth-order valence-electron chi connectivity index (χ4n) is 1.61. The molecule has 0 aliphatic heterocycles. The van der Waals surface area contributed by atoms with Crippen LogP contribution in [0.25, 0.3) is 0 Å². The van der Waals surface area contributed by atoms with Gasteiger partial charge in [-0.2, -0.15) is 4.68 Å². The van der Waals surface area contributed by atoms with Crippen molar-refractivity contribution in [2.45, 2.75) is 18.7 Å². The Morgan fingerprint density at radius 1 is 1.48 bits per heavy atom. The van der Waals surface area contributed by atoms with Crippen molar-refractivity contribution >= 4 is 55.5 Å². The molecule has 0 radical (unpaired) electrons. The lowest BCUT2D eigenvalue weighted by Crippen LogP contribution is -2.35. The highest BCUT2D eigenvalue weighted by molar-refractivity contribution is 9.10. The molecule has 0 unspecified atom stereocenters. The number of carbonyl (C=O) groups excluding carboxylic acids is 1. The molecule has 0 atom stereocenters. The van der Waals surface area contributed by atoms with E-state index in [2.05, 4.69) is 21.0 Å². The number of nitrogens with one attached hydrogen (secondary N) is 1. The van der Waals surface area contributed by atoms with Crippen LogP contribution in [0.15, 0.2) is 14.7 Å². The van der Waals surface area contributed by atoms with Gasteiger partial charge in [0, 0.05) is 21.8 Å². The SMILES string of the molecule is Cc1scc(Br)c1S(=O)(=O)NC(=O)n1nc(C)n(C)c1=S. The number of thiophene rings is 1. The van der Waals surface area contributed by atoms with E-state index in [9.17, 15) is 13.2 Å². The summed E-state index contributed by atoms with van der Waals surface area (Å²) in [6.07, 6.45) is 0. The molecule has 0 aliphatic carbocycles. The second-order valence-electron chi connectivity index (χ2n) is 4.18. The summed E-state index contributed by atoms with van der Waals surface area (Å²) in [7, 11) is -2.36. The van der Waals surface area contributed by atoms with Gasteiger partial charge in [-0.1, -0.05) is 0 Å². The third-order valence-electron chi connectivity index (χ3n) is 2.76. The number of aryl methyl sites for hydroxylation is 2. The van der Waals surface area contributed by atoms with E-state index in [4.69, 9.17) is 12.2 Å². The van der Waals surface area contributed by atoms with Gasteiger partial charge in [0.1, 0.15) is 10.7 Å². The summed E-state index contributed by atoms with van der Waals surface area (Å²) >= 11 is 9.46. The summed E-state index contributed by atoms with van der Waals surface area (Å²) < 4.78 is 29.4. The summed E-state index contributed by atoms with van der Waals surface area (Å²) in [6.45, 7) is 3.32. The molecule has 21 heavy (non-hydrogen) atoms. The number of amides is 1. The normalized spacial score (nSPS) is 11.6. The van der Waals surface area contributed by atoms with Gasteiger partial charge < -0.3 is 4.57 Å². The van der Waals surface area contributed by atoms with Gasteiger partial charge in [-0.15, -0.1) is 16.4 Å². The second-order valence-corrected chi connectivity index (χ2v) is 8.10. The van der Waals surface area contributed by atoms with Crippen molar-refractivity contribution < 1.29 is 13.2 Å². The first kappa shape index (κ1) is 16.3. The van der Waals surface area contributed by atoms with Crippen LogP contribution in [0.2, 0.25) is 0 Å². The number of nitrogens with zero attached hydrogens (tertiary/aromatic N) is 3. The second kappa shape index (κ2) is 5.63. The molecule has 0 saturated heterocycles. The van der Waals surface area contributed by atoms with E-state index >= 15 is 0 Å². The van der Waals surface area contributed by atoms with Crippen LogP contribution in [-0.2, 0) is 17.1 Å². The molecule has 2 aromatic heterocycles. The van der Waals surface area contributed by atoms with Crippen molar-refractivity contribution in [3.05, 3.63) is 25.3 Å². The van der Waals surface area contributed by atoms with Gasteiger partial charge in [0.2, 0.25) is 4.77 Å². The molecule has 0 bridgehead atoms. The number of carbonyl (C=O) groups is 1. The highest BCUT2D eigenvalue weighted by atomic mass is 79.9. The highest BCUT2D eigenvalue weighted by Crippen LogP contribution is 2.30. The van der Waals surface area contributed by atoms with E-state index in [1.165, 1.54) is 15.9 Å². The largest absolute Gasteiger partial charge is 0.358 e. The van der Waals surface area contributed by atoms with Crippen molar-refractivity contribution in [2.24, 2.45) is 7.05 Å². The molecule has 114 valence electrons. The number of halogens is 1. The maximum absolute atomic E-state index is 12.3.